The lowest BCUT2D eigenvalue weighted by Gasteiger charge is -2.05. The minimum absolute atomic E-state index is 0.0278. The zero-order valence-electron chi connectivity index (χ0n) is 9.85. The average molecular weight is 242 g/mol. The highest BCUT2D eigenvalue weighted by molar-refractivity contribution is 5.93. The summed E-state index contributed by atoms with van der Waals surface area (Å²) >= 11 is 0. The molecule has 1 heterocycles. The fraction of sp³-hybridized carbons (Fsp3) is 0.143. The normalized spacial score (nSPS) is 10.1. The molecule has 3 nitrogen and oxygen atoms in total. The third-order valence-corrected chi connectivity index (χ3v) is 2.71. The van der Waals surface area contributed by atoms with E-state index in [-0.39, 0.29) is 11.3 Å². The van der Waals surface area contributed by atoms with Crippen LogP contribution in [0.25, 0.3) is 0 Å². The third kappa shape index (κ3) is 2.30. The van der Waals surface area contributed by atoms with Crippen molar-refractivity contribution in [3.8, 4) is 6.07 Å². The highest BCUT2D eigenvalue weighted by Gasteiger charge is 2.08. The van der Waals surface area contributed by atoms with Gasteiger partial charge in [0.1, 0.15) is 11.9 Å². The van der Waals surface area contributed by atoms with Gasteiger partial charge in [0.15, 0.2) is 5.78 Å². The van der Waals surface area contributed by atoms with Crippen LogP contribution in [0, 0.1) is 17.1 Å². The summed E-state index contributed by atoms with van der Waals surface area (Å²) in [6.07, 6.45) is 3.38. The van der Waals surface area contributed by atoms with Crippen molar-refractivity contribution in [2.45, 2.75) is 13.5 Å². The molecule has 0 atom stereocenters. The van der Waals surface area contributed by atoms with Gasteiger partial charge in [0.05, 0.1) is 5.56 Å². The summed E-state index contributed by atoms with van der Waals surface area (Å²) in [5.41, 5.74) is 1.05. The van der Waals surface area contributed by atoms with E-state index < -0.39 is 5.82 Å². The van der Waals surface area contributed by atoms with Crippen LogP contribution in [0.4, 0.5) is 4.39 Å². The summed E-state index contributed by atoms with van der Waals surface area (Å²) in [6.45, 7) is 1.78. The molecule has 0 radical (unpaired) electrons. The second kappa shape index (κ2) is 4.84. The van der Waals surface area contributed by atoms with Gasteiger partial charge >= 0.3 is 0 Å². The molecule has 1 aromatic heterocycles. The Kier molecular flexibility index (Phi) is 3.24. The predicted molar refractivity (Wildman–Crippen MR) is 64.7 cm³/mol. The second-order valence-electron chi connectivity index (χ2n) is 4.02. The van der Waals surface area contributed by atoms with Crippen molar-refractivity contribution in [3.63, 3.8) is 0 Å². The summed E-state index contributed by atoms with van der Waals surface area (Å²) in [6, 6.07) is 8.21. The monoisotopic (exact) mass is 242 g/mol. The minimum Gasteiger partial charge on any atom is -0.349 e. The van der Waals surface area contributed by atoms with Gasteiger partial charge in [0, 0.05) is 30.1 Å². The summed E-state index contributed by atoms with van der Waals surface area (Å²) < 4.78 is 15.5. The van der Waals surface area contributed by atoms with Crippen molar-refractivity contribution in [3.05, 3.63) is 59.2 Å². The molecule has 18 heavy (non-hydrogen) atoms. The lowest BCUT2D eigenvalue weighted by molar-refractivity contribution is 0.101. The lowest BCUT2D eigenvalue weighted by Crippen LogP contribution is -2.01. The molecular weight excluding hydrogens is 231 g/mol. The first-order valence-corrected chi connectivity index (χ1v) is 5.46. The Hall–Kier alpha value is -2.41. The highest BCUT2D eigenvalue weighted by Crippen LogP contribution is 2.14. The molecule has 0 saturated heterocycles. The van der Waals surface area contributed by atoms with Crippen LogP contribution >= 0.6 is 0 Å². The number of carbonyl (C=O) groups is 1. The molecule has 0 fully saturated rings. The smallest absolute Gasteiger partial charge is 0.161 e. The molecule has 4 heteroatoms. The summed E-state index contributed by atoms with van der Waals surface area (Å²) in [4.78, 5) is 11.1. The molecule has 0 aliphatic heterocycles. The van der Waals surface area contributed by atoms with Crippen LogP contribution in [-0.2, 0) is 6.54 Å². The number of hydrogen-bond donors (Lipinski definition) is 0. The van der Waals surface area contributed by atoms with Crippen LogP contribution in [0.15, 0.2) is 36.7 Å². The van der Waals surface area contributed by atoms with E-state index in [0.717, 1.165) is 0 Å². The largest absolute Gasteiger partial charge is 0.349 e. The molecule has 2 aromatic rings. The second-order valence-corrected chi connectivity index (χ2v) is 4.02. The Morgan fingerprint density at radius 3 is 2.83 bits per heavy atom. The maximum Gasteiger partial charge on any atom is 0.161 e. The molecule has 2 rings (SSSR count). The summed E-state index contributed by atoms with van der Waals surface area (Å²) in [7, 11) is 0. The van der Waals surface area contributed by atoms with Gasteiger partial charge in [-0.1, -0.05) is 12.1 Å². The molecule has 0 aliphatic rings. The SMILES string of the molecule is CC(=O)c1ccn(Cc2cccc(C#N)c2F)c1. The molecule has 0 bridgehead atoms. The van der Waals surface area contributed by atoms with E-state index in [1.807, 2.05) is 0 Å². The van der Waals surface area contributed by atoms with Gasteiger partial charge in [-0.15, -0.1) is 0 Å². The first-order valence-electron chi connectivity index (χ1n) is 5.46. The first kappa shape index (κ1) is 12.1. The van der Waals surface area contributed by atoms with Crippen molar-refractivity contribution in [2.75, 3.05) is 0 Å². The Labute approximate surface area is 104 Å². The first-order chi connectivity index (χ1) is 8.61. The fourth-order valence-electron chi connectivity index (χ4n) is 1.73. The number of hydrogen-bond acceptors (Lipinski definition) is 2. The van der Waals surface area contributed by atoms with E-state index in [9.17, 15) is 9.18 Å². The Morgan fingerprint density at radius 2 is 2.22 bits per heavy atom. The van der Waals surface area contributed by atoms with Gasteiger partial charge in [0.25, 0.3) is 0 Å². The van der Waals surface area contributed by atoms with E-state index in [2.05, 4.69) is 0 Å². The maximum atomic E-state index is 13.8. The van der Waals surface area contributed by atoms with Gasteiger partial charge in [-0.2, -0.15) is 5.26 Å². The Bertz CT molecular complexity index is 637. The number of nitrogens with zero attached hydrogens (tertiary/aromatic N) is 2. The fourth-order valence-corrected chi connectivity index (χ4v) is 1.73. The number of nitriles is 1. The molecule has 0 N–H and O–H groups in total. The van der Waals surface area contributed by atoms with Crippen LogP contribution in [0.3, 0.4) is 0 Å². The van der Waals surface area contributed by atoms with Gasteiger partial charge in [-0.05, 0) is 19.1 Å². The quantitative estimate of drug-likeness (QED) is 0.777. The van der Waals surface area contributed by atoms with Gasteiger partial charge in [-0.3, -0.25) is 4.79 Å². The average Bonchev–Trinajstić information content (AvgIpc) is 2.80. The number of halogens is 1. The zero-order valence-corrected chi connectivity index (χ0v) is 9.85. The lowest BCUT2D eigenvalue weighted by atomic mass is 10.1. The zero-order chi connectivity index (χ0) is 13.1. The standard InChI is InChI=1S/C14H11FN2O/c1-10(18)12-5-6-17(8-12)9-13-4-2-3-11(7-16)14(13)15/h2-6,8H,9H2,1H3. The molecular formula is C14H11FN2O. The van der Waals surface area contributed by atoms with Gasteiger partial charge in [-0.25, -0.2) is 4.39 Å². The minimum atomic E-state index is -0.502. The molecule has 0 unspecified atom stereocenters. The van der Waals surface area contributed by atoms with Crippen molar-refractivity contribution in [1.29, 1.82) is 5.26 Å². The van der Waals surface area contributed by atoms with Crippen LogP contribution < -0.4 is 0 Å². The number of rotatable bonds is 3. The Morgan fingerprint density at radius 1 is 1.44 bits per heavy atom. The highest BCUT2D eigenvalue weighted by atomic mass is 19.1. The van der Waals surface area contributed by atoms with E-state index in [1.165, 1.54) is 13.0 Å². The number of benzene rings is 1. The number of ketones is 1. The summed E-state index contributed by atoms with van der Waals surface area (Å²) in [5.74, 6) is -0.530. The molecule has 0 aliphatic carbocycles. The molecule has 1 aromatic carbocycles. The molecule has 0 amide bonds. The number of aromatic nitrogens is 1. The molecule has 0 saturated carbocycles. The topological polar surface area (TPSA) is 45.8 Å². The third-order valence-electron chi connectivity index (χ3n) is 2.71. The van der Waals surface area contributed by atoms with Crippen molar-refractivity contribution in [1.82, 2.24) is 4.57 Å². The van der Waals surface area contributed by atoms with E-state index in [0.29, 0.717) is 17.7 Å². The van der Waals surface area contributed by atoms with Crippen LogP contribution in [-0.4, -0.2) is 10.4 Å². The van der Waals surface area contributed by atoms with E-state index >= 15 is 0 Å². The number of Topliss-reactive ketones (excluding diaryl/α,β-unsaturated/α-hetero) is 1. The van der Waals surface area contributed by atoms with E-state index in [4.69, 9.17) is 5.26 Å². The van der Waals surface area contributed by atoms with Crippen LogP contribution in [0.1, 0.15) is 28.4 Å². The van der Waals surface area contributed by atoms with Crippen LogP contribution in [0.2, 0.25) is 0 Å². The van der Waals surface area contributed by atoms with Crippen molar-refractivity contribution >= 4 is 5.78 Å². The van der Waals surface area contributed by atoms with Crippen molar-refractivity contribution in [2.24, 2.45) is 0 Å². The van der Waals surface area contributed by atoms with E-state index in [1.54, 1.807) is 41.2 Å². The van der Waals surface area contributed by atoms with Crippen molar-refractivity contribution < 1.29 is 9.18 Å². The maximum absolute atomic E-state index is 13.8. The summed E-state index contributed by atoms with van der Waals surface area (Å²) in [5, 5.41) is 8.74. The predicted octanol–water partition coefficient (Wildman–Crippen LogP) is 2.75. The van der Waals surface area contributed by atoms with Gasteiger partial charge < -0.3 is 4.57 Å². The van der Waals surface area contributed by atoms with Crippen LogP contribution in [0.5, 0.6) is 0 Å². The molecule has 90 valence electrons. The molecule has 0 spiro atoms. The number of carbonyl (C=O) groups excluding carboxylic acids is 1. The Balaban J connectivity index is 2.29. The van der Waals surface area contributed by atoms with Gasteiger partial charge in [0.2, 0.25) is 0 Å².